The molecule has 8 heteroatoms. The molecule has 1 fully saturated rings. The lowest BCUT2D eigenvalue weighted by molar-refractivity contribution is -0.122. The van der Waals surface area contributed by atoms with Gasteiger partial charge in [-0.2, -0.15) is 0 Å². The molecule has 0 radical (unpaired) electrons. The smallest absolute Gasteiger partial charge is 0.276 e. The van der Waals surface area contributed by atoms with Crippen LogP contribution >= 0.6 is 23.6 Å². The fraction of sp³-hybridized carbons (Fsp3) is 0.312. The average Bonchev–Trinajstić information content (AvgIpc) is 3.28. The van der Waals surface area contributed by atoms with Crippen LogP contribution in [0.3, 0.4) is 0 Å². The van der Waals surface area contributed by atoms with E-state index < -0.39 is 0 Å². The van der Waals surface area contributed by atoms with E-state index in [9.17, 15) is 4.79 Å². The number of nitrogens with one attached hydrogen (secondary N) is 1. The number of aromatic nitrogens is 1. The molecule has 0 atom stereocenters. The van der Waals surface area contributed by atoms with Crippen LogP contribution < -0.4 is 5.32 Å². The zero-order valence-corrected chi connectivity index (χ0v) is 14.8. The van der Waals surface area contributed by atoms with Crippen LogP contribution in [0.25, 0.3) is 16.8 Å². The SMILES string of the molecule is CCOCCCN1C(=O)/C(=C/c2csc(-c3ccco3)n2)NC1=S. The van der Waals surface area contributed by atoms with Gasteiger partial charge in [-0.1, -0.05) is 0 Å². The first-order valence-corrected chi connectivity index (χ1v) is 8.89. The molecule has 0 bridgehead atoms. The molecule has 1 saturated heterocycles. The number of hydrogen-bond acceptors (Lipinski definition) is 6. The lowest BCUT2D eigenvalue weighted by atomic mass is 10.3. The maximum Gasteiger partial charge on any atom is 0.276 e. The third-order valence-corrected chi connectivity index (χ3v) is 4.58. The summed E-state index contributed by atoms with van der Waals surface area (Å²) in [6, 6.07) is 3.67. The number of thiocarbonyl (C=S) groups is 1. The minimum Gasteiger partial charge on any atom is -0.462 e. The van der Waals surface area contributed by atoms with E-state index in [-0.39, 0.29) is 5.91 Å². The molecule has 3 rings (SSSR count). The Hall–Kier alpha value is -2.03. The summed E-state index contributed by atoms with van der Waals surface area (Å²) in [4.78, 5) is 18.5. The van der Waals surface area contributed by atoms with Gasteiger partial charge in [-0.3, -0.25) is 9.69 Å². The van der Waals surface area contributed by atoms with Crippen molar-refractivity contribution in [3.8, 4) is 10.8 Å². The summed E-state index contributed by atoms with van der Waals surface area (Å²) in [5.41, 5.74) is 1.13. The predicted molar refractivity (Wildman–Crippen MR) is 96.3 cm³/mol. The van der Waals surface area contributed by atoms with Gasteiger partial charge >= 0.3 is 0 Å². The number of rotatable bonds is 7. The molecule has 0 saturated carbocycles. The Kier molecular flexibility index (Phi) is 5.39. The van der Waals surface area contributed by atoms with E-state index in [1.165, 1.54) is 11.3 Å². The Morgan fingerprint density at radius 1 is 1.54 bits per heavy atom. The lowest BCUT2D eigenvalue weighted by Crippen LogP contribution is -2.32. The van der Waals surface area contributed by atoms with E-state index >= 15 is 0 Å². The number of hydrogen-bond donors (Lipinski definition) is 1. The molecule has 0 spiro atoms. The van der Waals surface area contributed by atoms with Crippen molar-refractivity contribution in [3.63, 3.8) is 0 Å². The first kappa shape index (κ1) is 16.8. The van der Waals surface area contributed by atoms with Crippen LogP contribution in [0.15, 0.2) is 33.9 Å². The van der Waals surface area contributed by atoms with Gasteiger partial charge in [0.1, 0.15) is 5.70 Å². The summed E-state index contributed by atoms with van der Waals surface area (Å²) < 4.78 is 10.6. The fourth-order valence-corrected chi connectivity index (χ4v) is 3.29. The molecule has 3 heterocycles. The number of carbonyl (C=O) groups excluding carboxylic acids is 1. The largest absolute Gasteiger partial charge is 0.462 e. The normalized spacial score (nSPS) is 16.2. The summed E-state index contributed by atoms with van der Waals surface area (Å²) in [6.45, 7) is 3.76. The molecule has 0 unspecified atom stereocenters. The van der Waals surface area contributed by atoms with Gasteiger partial charge in [0.15, 0.2) is 15.9 Å². The molecule has 1 aliphatic rings. The third-order valence-electron chi connectivity index (χ3n) is 3.38. The summed E-state index contributed by atoms with van der Waals surface area (Å²) in [7, 11) is 0. The van der Waals surface area contributed by atoms with Crippen molar-refractivity contribution < 1.29 is 13.9 Å². The van der Waals surface area contributed by atoms with E-state index in [0.29, 0.717) is 42.0 Å². The second-order valence-corrected chi connectivity index (χ2v) is 6.30. The Bertz CT molecular complexity index is 752. The van der Waals surface area contributed by atoms with Crippen LogP contribution in [-0.4, -0.2) is 40.7 Å². The molecular weight excluding hydrogens is 346 g/mol. The molecule has 1 amide bonds. The minimum atomic E-state index is -0.135. The number of amides is 1. The van der Waals surface area contributed by atoms with Gasteiger partial charge in [-0.15, -0.1) is 11.3 Å². The van der Waals surface area contributed by atoms with Gasteiger partial charge in [-0.25, -0.2) is 4.98 Å². The maximum absolute atomic E-state index is 12.4. The summed E-state index contributed by atoms with van der Waals surface area (Å²) in [5.74, 6) is 0.576. The molecule has 126 valence electrons. The second-order valence-electron chi connectivity index (χ2n) is 5.05. The maximum atomic E-state index is 12.4. The molecule has 0 aliphatic carbocycles. The molecule has 2 aromatic rings. The van der Waals surface area contributed by atoms with E-state index in [2.05, 4.69) is 10.3 Å². The topological polar surface area (TPSA) is 67.6 Å². The number of thiazole rings is 1. The fourth-order valence-electron chi connectivity index (χ4n) is 2.26. The highest BCUT2D eigenvalue weighted by Gasteiger charge is 2.30. The van der Waals surface area contributed by atoms with Crippen molar-refractivity contribution >= 4 is 40.7 Å². The van der Waals surface area contributed by atoms with Crippen LogP contribution in [0.2, 0.25) is 0 Å². The van der Waals surface area contributed by atoms with Gasteiger partial charge in [0.05, 0.1) is 12.0 Å². The Labute approximate surface area is 149 Å². The van der Waals surface area contributed by atoms with E-state index in [1.807, 2.05) is 24.4 Å². The van der Waals surface area contributed by atoms with Crippen molar-refractivity contribution in [1.29, 1.82) is 0 Å². The van der Waals surface area contributed by atoms with Crippen LogP contribution in [0.4, 0.5) is 0 Å². The van der Waals surface area contributed by atoms with Crippen LogP contribution in [0.1, 0.15) is 19.0 Å². The Balaban J connectivity index is 1.67. The Morgan fingerprint density at radius 3 is 3.17 bits per heavy atom. The third kappa shape index (κ3) is 3.72. The van der Waals surface area contributed by atoms with Gasteiger partial charge in [0, 0.05) is 25.1 Å². The number of ether oxygens (including phenoxy) is 1. The molecule has 1 aliphatic heterocycles. The summed E-state index contributed by atoms with van der Waals surface area (Å²) >= 11 is 6.70. The van der Waals surface area contributed by atoms with Crippen LogP contribution in [0, 0.1) is 0 Å². The summed E-state index contributed by atoms with van der Waals surface area (Å²) in [5, 5.41) is 6.02. The standard InChI is InChI=1S/C16H17N3O3S2/c1-2-21-7-4-6-19-15(20)12(18-16(19)23)9-11-10-24-14(17-11)13-5-3-8-22-13/h3,5,8-10H,2,4,6-7H2,1H3,(H,18,23)/b12-9-. The molecule has 6 nitrogen and oxygen atoms in total. The first-order valence-electron chi connectivity index (χ1n) is 7.60. The van der Waals surface area contributed by atoms with Crippen molar-refractivity contribution in [1.82, 2.24) is 15.2 Å². The zero-order valence-electron chi connectivity index (χ0n) is 13.2. The number of furan rings is 1. The van der Waals surface area contributed by atoms with Crippen LogP contribution in [-0.2, 0) is 9.53 Å². The highest BCUT2D eigenvalue weighted by Crippen LogP contribution is 2.25. The quantitative estimate of drug-likeness (QED) is 0.463. The second kappa shape index (κ2) is 7.69. The van der Waals surface area contributed by atoms with Crippen molar-refractivity contribution in [2.45, 2.75) is 13.3 Å². The van der Waals surface area contributed by atoms with Gasteiger partial charge in [0.25, 0.3) is 5.91 Å². The Morgan fingerprint density at radius 2 is 2.42 bits per heavy atom. The molecule has 24 heavy (non-hydrogen) atoms. The highest BCUT2D eigenvalue weighted by atomic mass is 32.1. The average molecular weight is 363 g/mol. The molecule has 2 aromatic heterocycles. The van der Waals surface area contributed by atoms with E-state index in [1.54, 1.807) is 17.2 Å². The number of nitrogens with zero attached hydrogens (tertiary/aromatic N) is 2. The lowest BCUT2D eigenvalue weighted by Gasteiger charge is -2.13. The van der Waals surface area contributed by atoms with Gasteiger partial charge in [0.2, 0.25) is 0 Å². The highest BCUT2D eigenvalue weighted by molar-refractivity contribution is 7.80. The predicted octanol–water partition coefficient (Wildman–Crippen LogP) is 2.89. The van der Waals surface area contributed by atoms with Crippen molar-refractivity contribution in [3.05, 3.63) is 35.2 Å². The van der Waals surface area contributed by atoms with E-state index in [0.717, 1.165) is 11.4 Å². The van der Waals surface area contributed by atoms with E-state index in [4.69, 9.17) is 21.4 Å². The molecule has 1 N–H and O–H groups in total. The van der Waals surface area contributed by atoms with Crippen molar-refractivity contribution in [2.24, 2.45) is 0 Å². The number of carbonyl (C=O) groups is 1. The van der Waals surface area contributed by atoms with Gasteiger partial charge < -0.3 is 14.5 Å². The zero-order chi connectivity index (χ0) is 16.9. The first-order chi connectivity index (χ1) is 11.7. The minimum absolute atomic E-state index is 0.135. The summed E-state index contributed by atoms with van der Waals surface area (Å²) in [6.07, 6.45) is 4.06. The monoisotopic (exact) mass is 363 g/mol. The van der Waals surface area contributed by atoms with Crippen molar-refractivity contribution in [2.75, 3.05) is 19.8 Å². The molecular formula is C16H17N3O3S2. The van der Waals surface area contributed by atoms with Crippen LogP contribution in [0.5, 0.6) is 0 Å². The molecule has 0 aromatic carbocycles. The van der Waals surface area contributed by atoms with Gasteiger partial charge in [-0.05, 0) is 43.8 Å².